The lowest BCUT2D eigenvalue weighted by atomic mass is 10.3. The zero-order valence-corrected chi connectivity index (χ0v) is 9.12. The Balaban J connectivity index is 2.77. The minimum atomic E-state index is -1.01. The molecule has 4 N–H and O–H groups in total. The van der Waals surface area contributed by atoms with Crippen LogP contribution in [-0.2, 0) is 9.59 Å². The Morgan fingerprint density at radius 2 is 2.12 bits per heavy atom. The lowest BCUT2D eigenvalue weighted by Gasteiger charge is -2.07. The number of rotatable bonds is 3. The number of hydrazine groups is 1. The summed E-state index contributed by atoms with van der Waals surface area (Å²) in [5, 5.41) is 2.18. The minimum Gasteiger partial charge on any atom is -0.491 e. The lowest BCUT2D eigenvalue weighted by Crippen LogP contribution is -2.39. The number of hydrogen-bond acceptors (Lipinski definition) is 4. The van der Waals surface area contributed by atoms with Crippen molar-refractivity contribution in [3.63, 3.8) is 0 Å². The van der Waals surface area contributed by atoms with Crippen LogP contribution in [0, 0.1) is 5.82 Å². The summed E-state index contributed by atoms with van der Waals surface area (Å²) in [6.07, 6.45) is 0. The fraction of sp³-hybridized carbons (Fsp3) is 0.200. The Morgan fingerprint density at radius 3 is 2.65 bits per heavy atom. The van der Waals surface area contributed by atoms with Crippen LogP contribution < -0.4 is 21.3 Å². The molecule has 17 heavy (non-hydrogen) atoms. The molecule has 0 aliphatic carbocycles. The van der Waals surface area contributed by atoms with Crippen molar-refractivity contribution in [1.29, 1.82) is 0 Å². The summed E-state index contributed by atoms with van der Waals surface area (Å²) < 4.78 is 18.3. The van der Waals surface area contributed by atoms with Gasteiger partial charge in [0, 0.05) is 11.8 Å². The number of amides is 2. The molecule has 0 aliphatic rings. The van der Waals surface area contributed by atoms with E-state index in [1.807, 2.05) is 0 Å². The van der Waals surface area contributed by atoms with Crippen molar-refractivity contribution < 1.29 is 18.7 Å². The van der Waals surface area contributed by atoms with E-state index >= 15 is 0 Å². The van der Waals surface area contributed by atoms with Gasteiger partial charge in [-0.2, -0.15) is 0 Å². The monoisotopic (exact) mass is 241 g/mol. The highest BCUT2D eigenvalue weighted by atomic mass is 19.1. The summed E-state index contributed by atoms with van der Waals surface area (Å²) in [4.78, 5) is 21.9. The maximum Gasteiger partial charge on any atom is 0.323 e. The van der Waals surface area contributed by atoms with E-state index < -0.39 is 17.6 Å². The van der Waals surface area contributed by atoms with Crippen molar-refractivity contribution in [2.45, 2.75) is 6.92 Å². The average Bonchev–Trinajstić information content (AvgIpc) is 2.31. The molecular formula is C10H12FN3O3. The van der Waals surface area contributed by atoms with E-state index in [1.54, 1.807) is 12.3 Å². The summed E-state index contributed by atoms with van der Waals surface area (Å²) in [6, 6.07) is 3.82. The molecule has 0 radical (unpaired) electrons. The third kappa shape index (κ3) is 3.42. The van der Waals surface area contributed by atoms with E-state index in [1.165, 1.54) is 12.1 Å². The minimum absolute atomic E-state index is 0.0776. The van der Waals surface area contributed by atoms with Gasteiger partial charge in [-0.1, -0.05) is 0 Å². The predicted octanol–water partition coefficient (Wildman–Crippen LogP) is 0.153. The van der Waals surface area contributed by atoms with Crippen molar-refractivity contribution >= 4 is 17.5 Å². The molecule has 1 aromatic rings. The van der Waals surface area contributed by atoms with Crippen LogP contribution in [0.25, 0.3) is 0 Å². The highest BCUT2D eigenvalue weighted by Gasteiger charge is 2.13. The molecule has 0 aliphatic heterocycles. The van der Waals surface area contributed by atoms with Crippen LogP contribution in [-0.4, -0.2) is 18.4 Å². The third-order valence-corrected chi connectivity index (χ3v) is 1.83. The maximum absolute atomic E-state index is 13.4. The average molecular weight is 241 g/mol. The Morgan fingerprint density at radius 1 is 1.41 bits per heavy atom. The van der Waals surface area contributed by atoms with Gasteiger partial charge < -0.3 is 10.1 Å². The van der Waals surface area contributed by atoms with E-state index in [0.717, 1.165) is 6.07 Å². The fourth-order valence-electron chi connectivity index (χ4n) is 1.10. The molecule has 92 valence electrons. The van der Waals surface area contributed by atoms with Gasteiger partial charge in [0.05, 0.1) is 6.61 Å². The van der Waals surface area contributed by atoms with Gasteiger partial charge in [-0.05, 0) is 19.1 Å². The molecule has 0 heterocycles. The van der Waals surface area contributed by atoms with Gasteiger partial charge in [-0.25, -0.2) is 10.2 Å². The largest absolute Gasteiger partial charge is 0.491 e. The molecule has 7 heteroatoms. The second-order valence-electron chi connectivity index (χ2n) is 3.01. The fourth-order valence-corrected chi connectivity index (χ4v) is 1.10. The van der Waals surface area contributed by atoms with Gasteiger partial charge in [-0.3, -0.25) is 15.0 Å². The number of nitrogens with two attached hydrogens (primary N) is 1. The second-order valence-corrected chi connectivity index (χ2v) is 3.01. The highest BCUT2D eigenvalue weighted by molar-refractivity contribution is 6.39. The molecule has 0 unspecified atom stereocenters. The Bertz CT molecular complexity index is 437. The number of nitrogens with one attached hydrogen (secondary N) is 2. The lowest BCUT2D eigenvalue weighted by molar-refractivity contribution is -0.136. The predicted molar refractivity (Wildman–Crippen MR) is 58.5 cm³/mol. The van der Waals surface area contributed by atoms with Crippen molar-refractivity contribution in [3.8, 4) is 5.75 Å². The number of benzene rings is 1. The molecule has 0 saturated carbocycles. The zero-order chi connectivity index (χ0) is 12.8. The van der Waals surface area contributed by atoms with Crippen LogP contribution in [0.3, 0.4) is 0 Å². The molecule has 0 spiro atoms. The number of halogens is 1. The van der Waals surface area contributed by atoms with E-state index in [0.29, 0.717) is 6.61 Å². The number of anilines is 1. The first-order valence-electron chi connectivity index (χ1n) is 4.82. The first kappa shape index (κ1) is 12.9. The van der Waals surface area contributed by atoms with Crippen LogP contribution in [0.1, 0.15) is 6.92 Å². The molecular weight excluding hydrogens is 229 g/mol. The normalized spacial score (nSPS) is 9.59. The van der Waals surface area contributed by atoms with Gasteiger partial charge in [0.25, 0.3) is 0 Å². The quantitative estimate of drug-likeness (QED) is 0.304. The molecule has 0 aromatic heterocycles. The summed E-state index contributed by atoms with van der Waals surface area (Å²) in [5.74, 6) is 2.23. The van der Waals surface area contributed by atoms with Crippen LogP contribution in [0.4, 0.5) is 10.1 Å². The molecule has 2 amide bonds. The summed E-state index contributed by atoms with van der Waals surface area (Å²) in [7, 11) is 0. The van der Waals surface area contributed by atoms with Crippen molar-refractivity contribution in [2.75, 3.05) is 11.9 Å². The molecule has 1 aromatic carbocycles. The third-order valence-electron chi connectivity index (χ3n) is 1.83. The molecule has 1 rings (SSSR count). The summed E-state index contributed by atoms with van der Waals surface area (Å²) in [5.41, 5.74) is 1.80. The van der Waals surface area contributed by atoms with E-state index in [9.17, 15) is 14.0 Å². The summed E-state index contributed by atoms with van der Waals surface area (Å²) in [6.45, 7) is 2.05. The Kier molecular flexibility index (Phi) is 4.41. The first-order valence-corrected chi connectivity index (χ1v) is 4.82. The van der Waals surface area contributed by atoms with Gasteiger partial charge >= 0.3 is 11.8 Å². The molecule has 0 fully saturated rings. The van der Waals surface area contributed by atoms with E-state index in [4.69, 9.17) is 10.6 Å². The standard InChI is InChI=1S/C10H12FN3O3/c1-2-17-8-4-3-6(5-7(8)11)13-9(15)10(16)14-12/h3-5H,2,12H2,1H3,(H,13,15)(H,14,16). The Labute approximate surface area is 96.9 Å². The van der Waals surface area contributed by atoms with Crippen LogP contribution in [0.2, 0.25) is 0 Å². The number of ether oxygens (including phenoxy) is 1. The molecule has 0 atom stereocenters. The van der Waals surface area contributed by atoms with Crippen molar-refractivity contribution in [1.82, 2.24) is 5.43 Å². The topological polar surface area (TPSA) is 93.4 Å². The van der Waals surface area contributed by atoms with E-state index in [2.05, 4.69) is 5.32 Å². The smallest absolute Gasteiger partial charge is 0.323 e. The maximum atomic E-state index is 13.4. The molecule has 0 saturated heterocycles. The van der Waals surface area contributed by atoms with Crippen LogP contribution in [0.5, 0.6) is 5.75 Å². The first-order chi connectivity index (χ1) is 8.08. The van der Waals surface area contributed by atoms with Gasteiger partial charge in [0.15, 0.2) is 11.6 Å². The van der Waals surface area contributed by atoms with Crippen LogP contribution in [0.15, 0.2) is 18.2 Å². The van der Waals surface area contributed by atoms with Crippen molar-refractivity contribution in [2.24, 2.45) is 5.84 Å². The van der Waals surface area contributed by atoms with Gasteiger partial charge in [0.1, 0.15) is 0 Å². The van der Waals surface area contributed by atoms with E-state index in [-0.39, 0.29) is 11.4 Å². The number of carbonyl (C=O) groups is 2. The van der Waals surface area contributed by atoms with Gasteiger partial charge in [-0.15, -0.1) is 0 Å². The zero-order valence-electron chi connectivity index (χ0n) is 9.12. The number of hydrogen-bond donors (Lipinski definition) is 3. The molecule has 6 nitrogen and oxygen atoms in total. The Hall–Kier alpha value is -2.15. The second kappa shape index (κ2) is 5.80. The van der Waals surface area contributed by atoms with Crippen molar-refractivity contribution in [3.05, 3.63) is 24.0 Å². The number of carbonyl (C=O) groups excluding carboxylic acids is 2. The summed E-state index contributed by atoms with van der Waals surface area (Å²) >= 11 is 0. The molecule has 0 bridgehead atoms. The highest BCUT2D eigenvalue weighted by Crippen LogP contribution is 2.20. The van der Waals surface area contributed by atoms with Gasteiger partial charge in [0.2, 0.25) is 0 Å². The SMILES string of the molecule is CCOc1ccc(NC(=O)C(=O)NN)cc1F. The van der Waals surface area contributed by atoms with Crippen LogP contribution >= 0.6 is 0 Å².